The van der Waals surface area contributed by atoms with E-state index in [1.807, 2.05) is 62.4 Å². The van der Waals surface area contributed by atoms with Crippen LogP contribution in [-0.4, -0.2) is 25.4 Å². The van der Waals surface area contributed by atoms with E-state index in [0.29, 0.717) is 0 Å². The molecule has 0 aromatic heterocycles. The summed E-state index contributed by atoms with van der Waals surface area (Å²) in [5.74, 6) is 1.63. The summed E-state index contributed by atoms with van der Waals surface area (Å²) in [7, 11) is 3.27. The van der Waals surface area contributed by atoms with Crippen LogP contribution in [0, 0.1) is 0 Å². The van der Waals surface area contributed by atoms with E-state index < -0.39 is 0 Å². The van der Waals surface area contributed by atoms with Gasteiger partial charge < -0.3 is 14.8 Å². The van der Waals surface area contributed by atoms with Crippen LogP contribution in [0.4, 0.5) is 0 Å². The Morgan fingerprint density at radius 2 is 1.42 bits per heavy atom. The third-order valence-corrected chi connectivity index (χ3v) is 4.83. The molecule has 1 amide bonds. The Labute approximate surface area is 147 Å². The molecule has 4 nitrogen and oxygen atoms in total. The Morgan fingerprint density at radius 3 is 1.92 bits per heavy atom. The second kappa shape index (κ2) is 8.64. The standard InChI is InChI=1S/C19H23NO3S/c1-13(15-5-7-16(22-3)8-6-15)20-19(21)14(2)24-18-11-9-17(23-4)10-12-18/h5-14H,1-4H3,(H,20,21)/t13-,14+/m1/s1. The molecule has 128 valence electrons. The molecule has 0 saturated heterocycles. The van der Waals surface area contributed by atoms with Crippen LogP contribution < -0.4 is 14.8 Å². The number of ether oxygens (including phenoxy) is 2. The van der Waals surface area contributed by atoms with Gasteiger partial charge in [0.1, 0.15) is 11.5 Å². The highest BCUT2D eigenvalue weighted by Crippen LogP contribution is 2.26. The van der Waals surface area contributed by atoms with Gasteiger partial charge in [-0.25, -0.2) is 0 Å². The molecule has 2 atom stereocenters. The van der Waals surface area contributed by atoms with Crippen LogP contribution in [0.2, 0.25) is 0 Å². The molecule has 0 saturated carbocycles. The Hall–Kier alpha value is -2.14. The van der Waals surface area contributed by atoms with E-state index in [1.165, 1.54) is 11.8 Å². The maximum atomic E-state index is 12.4. The van der Waals surface area contributed by atoms with Crippen molar-refractivity contribution >= 4 is 17.7 Å². The summed E-state index contributed by atoms with van der Waals surface area (Å²) in [4.78, 5) is 13.4. The van der Waals surface area contributed by atoms with Gasteiger partial charge in [-0.15, -0.1) is 11.8 Å². The highest BCUT2D eigenvalue weighted by atomic mass is 32.2. The number of rotatable bonds is 7. The molecular formula is C19H23NO3S. The Morgan fingerprint density at radius 1 is 0.917 bits per heavy atom. The Kier molecular flexibility index (Phi) is 6.55. The number of nitrogens with one attached hydrogen (secondary N) is 1. The molecule has 0 aliphatic heterocycles. The summed E-state index contributed by atoms with van der Waals surface area (Å²) in [5.41, 5.74) is 1.05. The highest BCUT2D eigenvalue weighted by molar-refractivity contribution is 8.00. The number of amides is 1. The summed E-state index contributed by atoms with van der Waals surface area (Å²) in [6.07, 6.45) is 0. The maximum absolute atomic E-state index is 12.4. The van der Waals surface area contributed by atoms with E-state index in [0.717, 1.165) is 22.0 Å². The van der Waals surface area contributed by atoms with Crippen LogP contribution in [0.5, 0.6) is 11.5 Å². The first-order valence-corrected chi connectivity index (χ1v) is 8.66. The Bertz CT molecular complexity index is 655. The lowest BCUT2D eigenvalue weighted by Crippen LogP contribution is -2.33. The summed E-state index contributed by atoms with van der Waals surface area (Å²) < 4.78 is 10.3. The summed E-state index contributed by atoms with van der Waals surface area (Å²) in [5, 5.41) is 2.87. The zero-order valence-electron chi connectivity index (χ0n) is 14.4. The first-order valence-electron chi connectivity index (χ1n) is 7.78. The van der Waals surface area contributed by atoms with Crippen LogP contribution in [0.25, 0.3) is 0 Å². The van der Waals surface area contributed by atoms with Crippen molar-refractivity contribution in [2.75, 3.05) is 14.2 Å². The normalized spacial score (nSPS) is 13.0. The smallest absolute Gasteiger partial charge is 0.233 e. The average molecular weight is 345 g/mol. The zero-order valence-corrected chi connectivity index (χ0v) is 15.2. The minimum atomic E-state index is -0.181. The predicted molar refractivity (Wildman–Crippen MR) is 97.9 cm³/mol. The number of carbonyl (C=O) groups excluding carboxylic acids is 1. The minimum Gasteiger partial charge on any atom is -0.497 e. The van der Waals surface area contributed by atoms with Gasteiger partial charge in [-0.2, -0.15) is 0 Å². The summed E-state index contributed by atoms with van der Waals surface area (Å²) in [6, 6.07) is 15.4. The van der Waals surface area contributed by atoms with Gasteiger partial charge >= 0.3 is 0 Å². The fourth-order valence-corrected chi connectivity index (χ4v) is 3.10. The van der Waals surface area contributed by atoms with E-state index in [4.69, 9.17) is 9.47 Å². The van der Waals surface area contributed by atoms with Gasteiger partial charge in [-0.1, -0.05) is 12.1 Å². The molecule has 5 heteroatoms. The zero-order chi connectivity index (χ0) is 17.5. The molecule has 0 bridgehead atoms. The molecule has 24 heavy (non-hydrogen) atoms. The predicted octanol–water partition coefficient (Wildman–Crippen LogP) is 4.06. The monoisotopic (exact) mass is 345 g/mol. The average Bonchev–Trinajstić information content (AvgIpc) is 2.62. The van der Waals surface area contributed by atoms with Gasteiger partial charge in [-0.05, 0) is 55.8 Å². The molecule has 0 radical (unpaired) electrons. The third kappa shape index (κ3) is 4.93. The second-order valence-corrected chi connectivity index (χ2v) is 6.85. The Balaban J connectivity index is 1.91. The molecule has 0 fully saturated rings. The molecule has 2 rings (SSSR count). The van der Waals surface area contributed by atoms with Crippen molar-refractivity contribution in [1.82, 2.24) is 5.32 Å². The largest absolute Gasteiger partial charge is 0.497 e. The van der Waals surface area contributed by atoms with E-state index in [2.05, 4.69) is 5.32 Å². The quantitative estimate of drug-likeness (QED) is 0.769. The van der Waals surface area contributed by atoms with Gasteiger partial charge in [0, 0.05) is 4.90 Å². The minimum absolute atomic E-state index is 0.0131. The van der Waals surface area contributed by atoms with Crippen molar-refractivity contribution in [3.05, 3.63) is 54.1 Å². The van der Waals surface area contributed by atoms with Gasteiger partial charge in [0.15, 0.2) is 0 Å². The molecule has 2 aromatic carbocycles. The van der Waals surface area contributed by atoms with Crippen molar-refractivity contribution in [1.29, 1.82) is 0 Å². The lowest BCUT2D eigenvalue weighted by molar-refractivity contribution is -0.120. The lowest BCUT2D eigenvalue weighted by atomic mass is 10.1. The number of methoxy groups -OCH3 is 2. The number of carbonyl (C=O) groups is 1. The fraction of sp³-hybridized carbons (Fsp3) is 0.316. The van der Waals surface area contributed by atoms with Crippen molar-refractivity contribution < 1.29 is 14.3 Å². The van der Waals surface area contributed by atoms with Crippen LogP contribution in [0.15, 0.2) is 53.4 Å². The van der Waals surface area contributed by atoms with Crippen LogP contribution in [-0.2, 0) is 4.79 Å². The van der Waals surface area contributed by atoms with E-state index in [1.54, 1.807) is 14.2 Å². The van der Waals surface area contributed by atoms with Crippen molar-refractivity contribution in [2.45, 2.75) is 30.0 Å². The molecule has 0 spiro atoms. The molecule has 0 heterocycles. The number of hydrogen-bond acceptors (Lipinski definition) is 4. The topological polar surface area (TPSA) is 47.6 Å². The maximum Gasteiger partial charge on any atom is 0.233 e. The molecule has 2 aromatic rings. The molecular weight excluding hydrogens is 322 g/mol. The number of thioether (sulfide) groups is 1. The fourth-order valence-electron chi connectivity index (χ4n) is 2.22. The summed E-state index contributed by atoms with van der Waals surface area (Å²) in [6.45, 7) is 3.88. The molecule has 0 unspecified atom stereocenters. The molecule has 1 N–H and O–H groups in total. The van der Waals surface area contributed by atoms with Gasteiger partial charge in [-0.3, -0.25) is 4.79 Å². The van der Waals surface area contributed by atoms with Crippen molar-refractivity contribution in [3.63, 3.8) is 0 Å². The lowest BCUT2D eigenvalue weighted by Gasteiger charge is -2.18. The second-order valence-electron chi connectivity index (χ2n) is 5.44. The molecule has 0 aliphatic rings. The highest BCUT2D eigenvalue weighted by Gasteiger charge is 2.17. The van der Waals surface area contributed by atoms with E-state index in [9.17, 15) is 4.79 Å². The number of benzene rings is 2. The van der Waals surface area contributed by atoms with Gasteiger partial charge in [0.25, 0.3) is 0 Å². The van der Waals surface area contributed by atoms with Gasteiger partial charge in [0.05, 0.1) is 25.5 Å². The first-order chi connectivity index (χ1) is 11.5. The van der Waals surface area contributed by atoms with Gasteiger partial charge in [0.2, 0.25) is 5.91 Å². The van der Waals surface area contributed by atoms with Crippen molar-refractivity contribution in [2.24, 2.45) is 0 Å². The first kappa shape index (κ1) is 18.2. The SMILES string of the molecule is COc1ccc(S[C@@H](C)C(=O)N[C@H](C)c2ccc(OC)cc2)cc1. The van der Waals surface area contributed by atoms with E-state index >= 15 is 0 Å². The van der Waals surface area contributed by atoms with Crippen LogP contribution in [0.1, 0.15) is 25.5 Å². The van der Waals surface area contributed by atoms with Crippen LogP contribution >= 0.6 is 11.8 Å². The van der Waals surface area contributed by atoms with E-state index in [-0.39, 0.29) is 17.2 Å². The van der Waals surface area contributed by atoms with Crippen LogP contribution in [0.3, 0.4) is 0 Å². The number of hydrogen-bond donors (Lipinski definition) is 1. The molecule has 0 aliphatic carbocycles. The van der Waals surface area contributed by atoms with Crippen molar-refractivity contribution in [3.8, 4) is 11.5 Å². The third-order valence-electron chi connectivity index (χ3n) is 3.72. The summed E-state index contributed by atoms with van der Waals surface area (Å²) >= 11 is 1.53.